The van der Waals surface area contributed by atoms with Crippen molar-refractivity contribution < 1.29 is 4.52 Å². The van der Waals surface area contributed by atoms with E-state index < -0.39 is 0 Å². The molecule has 0 radical (unpaired) electrons. The Balaban J connectivity index is 1.91. The second-order valence-electron chi connectivity index (χ2n) is 5.15. The van der Waals surface area contributed by atoms with Gasteiger partial charge in [-0.2, -0.15) is 4.98 Å². The van der Waals surface area contributed by atoms with Gasteiger partial charge in [-0.05, 0) is 23.6 Å². The number of hydrogen-bond acceptors (Lipinski definition) is 5. The Morgan fingerprint density at radius 2 is 1.76 bits per heavy atom. The van der Waals surface area contributed by atoms with Crippen LogP contribution < -0.4 is 5.73 Å². The Morgan fingerprint density at radius 3 is 2.43 bits per heavy atom. The molecule has 0 atom stereocenters. The Morgan fingerprint density at radius 1 is 1.00 bits per heavy atom. The van der Waals surface area contributed by atoms with Crippen molar-refractivity contribution in [1.82, 2.24) is 15.1 Å². The number of nitrogens with zero attached hydrogens (tertiary/aromatic N) is 3. The number of aromatic nitrogens is 3. The molecular weight excluding hydrogens is 264 g/mol. The lowest BCUT2D eigenvalue weighted by Gasteiger charge is -2.04. The number of nitrogen functional groups attached to an aromatic ring is 1. The summed E-state index contributed by atoms with van der Waals surface area (Å²) in [6.45, 7) is 4.32. The monoisotopic (exact) mass is 280 g/mol. The van der Waals surface area contributed by atoms with E-state index in [4.69, 9.17) is 10.3 Å². The van der Waals surface area contributed by atoms with E-state index in [0.29, 0.717) is 29.1 Å². The largest absolute Gasteiger partial charge is 0.384 e. The predicted octanol–water partition coefficient (Wildman–Crippen LogP) is 3.50. The molecule has 0 aliphatic carbocycles. The van der Waals surface area contributed by atoms with E-state index in [1.54, 1.807) is 18.2 Å². The molecule has 2 heterocycles. The zero-order valence-electron chi connectivity index (χ0n) is 11.9. The molecule has 0 saturated carbocycles. The van der Waals surface area contributed by atoms with Gasteiger partial charge < -0.3 is 10.3 Å². The number of anilines is 1. The summed E-state index contributed by atoms with van der Waals surface area (Å²) in [4.78, 5) is 8.54. The molecule has 1 aromatic carbocycles. The smallest absolute Gasteiger partial charge is 0.276 e. The van der Waals surface area contributed by atoms with Crippen LogP contribution in [0.2, 0.25) is 0 Å². The zero-order valence-corrected chi connectivity index (χ0v) is 11.9. The lowest BCUT2D eigenvalue weighted by atomic mass is 10.0. The molecule has 0 saturated heterocycles. The summed E-state index contributed by atoms with van der Waals surface area (Å²) < 4.78 is 5.26. The van der Waals surface area contributed by atoms with Gasteiger partial charge in [0, 0.05) is 5.56 Å². The average molecular weight is 280 g/mol. The summed E-state index contributed by atoms with van der Waals surface area (Å²) >= 11 is 0. The maximum Gasteiger partial charge on any atom is 0.276 e. The number of nitrogens with two attached hydrogens (primary N) is 1. The molecule has 0 spiro atoms. The number of pyridine rings is 1. The highest BCUT2D eigenvalue weighted by Gasteiger charge is 2.12. The Hall–Kier alpha value is -2.69. The minimum absolute atomic E-state index is 0.366. The molecule has 5 heteroatoms. The maximum absolute atomic E-state index is 5.66. The Labute approximate surface area is 122 Å². The van der Waals surface area contributed by atoms with E-state index in [0.717, 1.165) is 5.56 Å². The van der Waals surface area contributed by atoms with Crippen LogP contribution >= 0.6 is 0 Å². The van der Waals surface area contributed by atoms with Crippen molar-refractivity contribution in [2.45, 2.75) is 19.8 Å². The third kappa shape index (κ3) is 2.76. The minimum Gasteiger partial charge on any atom is -0.384 e. The second-order valence-corrected chi connectivity index (χ2v) is 5.15. The van der Waals surface area contributed by atoms with E-state index in [2.05, 4.69) is 41.1 Å². The fourth-order valence-electron chi connectivity index (χ4n) is 2.03. The zero-order chi connectivity index (χ0) is 14.8. The molecule has 0 amide bonds. The van der Waals surface area contributed by atoms with E-state index in [-0.39, 0.29) is 0 Å². The minimum atomic E-state index is 0.366. The van der Waals surface area contributed by atoms with E-state index in [1.165, 1.54) is 5.56 Å². The highest BCUT2D eigenvalue weighted by atomic mass is 16.5. The normalized spacial score (nSPS) is 11.0. The molecule has 0 aliphatic heterocycles. The fraction of sp³-hybridized carbons (Fsp3) is 0.188. The van der Waals surface area contributed by atoms with Gasteiger partial charge in [0.2, 0.25) is 5.82 Å². The van der Waals surface area contributed by atoms with Gasteiger partial charge in [0.05, 0.1) is 0 Å². The van der Waals surface area contributed by atoms with E-state index >= 15 is 0 Å². The summed E-state index contributed by atoms with van der Waals surface area (Å²) in [5.41, 5.74) is 8.43. The molecule has 106 valence electrons. The first-order chi connectivity index (χ1) is 10.1. The van der Waals surface area contributed by atoms with Gasteiger partial charge in [0.25, 0.3) is 5.89 Å². The van der Waals surface area contributed by atoms with Gasteiger partial charge >= 0.3 is 0 Å². The van der Waals surface area contributed by atoms with Crippen LogP contribution in [0.25, 0.3) is 23.0 Å². The van der Waals surface area contributed by atoms with Gasteiger partial charge in [0.15, 0.2) is 0 Å². The SMILES string of the molecule is CC(C)c1ccc(-c2noc(-c3cccc(N)n3)n2)cc1. The molecular formula is C16H16N4O. The third-order valence-electron chi connectivity index (χ3n) is 3.25. The van der Waals surface area contributed by atoms with Crippen LogP contribution in [0.3, 0.4) is 0 Å². The first-order valence-electron chi connectivity index (χ1n) is 6.80. The van der Waals surface area contributed by atoms with Crippen LogP contribution in [0.5, 0.6) is 0 Å². The molecule has 0 bridgehead atoms. The molecule has 0 fully saturated rings. The molecule has 21 heavy (non-hydrogen) atoms. The quantitative estimate of drug-likeness (QED) is 0.794. The summed E-state index contributed by atoms with van der Waals surface area (Å²) in [6, 6.07) is 13.5. The van der Waals surface area contributed by atoms with Crippen LogP contribution in [0.1, 0.15) is 25.3 Å². The van der Waals surface area contributed by atoms with Gasteiger partial charge in [-0.25, -0.2) is 4.98 Å². The molecule has 3 aromatic rings. The highest BCUT2D eigenvalue weighted by molar-refractivity contribution is 5.59. The number of rotatable bonds is 3. The van der Waals surface area contributed by atoms with E-state index in [9.17, 15) is 0 Å². The highest BCUT2D eigenvalue weighted by Crippen LogP contribution is 2.23. The first-order valence-corrected chi connectivity index (χ1v) is 6.80. The lowest BCUT2D eigenvalue weighted by Crippen LogP contribution is -1.91. The predicted molar refractivity (Wildman–Crippen MR) is 81.5 cm³/mol. The van der Waals surface area contributed by atoms with Crippen LogP contribution in [0.4, 0.5) is 5.82 Å². The lowest BCUT2D eigenvalue weighted by molar-refractivity contribution is 0.431. The van der Waals surface area contributed by atoms with Crippen molar-refractivity contribution in [2.75, 3.05) is 5.73 Å². The summed E-state index contributed by atoms with van der Waals surface area (Å²) in [6.07, 6.45) is 0. The van der Waals surface area contributed by atoms with Gasteiger partial charge in [-0.1, -0.05) is 49.3 Å². The van der Waals surface area contributed by atoms with E-state index in [1.807, 2.05) is 12.1 Å². The standard InChI is InChI=1S/C16H16N4O/c1-10(2)11-6-8-12(9-7-11)15-19-16(21-20-15)13-4-3-5-14(17)18-13/h3-10H,1-2H3,(H2,17,18). The molecule has 0 aliphatic rings. The van der Waals surface area contributed by atoms with Crippen molar-refractivity contribution >= 4 is 5.82 Å². The third-order valence-corrected chi connectivity index (χ3v) is 3.25. The van der Waals surface area contributed by atoms with Crippen molar-refractivity contribution in [2.24, 2.45) is 0 Å². The van der Waals surface area contributed by atoms with Crippen molar-refractivity contribution in [3.05, 3.63) is 48.0 Å². The summed E-state index contributed by atoms with van der Waals surface area (Å²) in [5.74, 6) is 1.83. The Kier molecular flexibility index (Phi) is 3.39. The van der Waals surface area contributed by atoms with Crippen molar-refractivity contribution in [3.63, 3.8) is 0 Å². The maximum atomic E-state index is 5.66. The fourth-order valence-corrected chi connectivity index (χ4v) is 2.03. The van der Waals surface area contributed by atoms with Crippen LogP contribution in [-0.4, -0.2) is 15.1 Å². The first kappa shape index (κ1) is 13.3. The number of benzene rings is 1. The van der Waals surface area contributed by atoms with Crippen molar-refractivity contribution in [3.8, 4) is 23.0 Å². The van der Waals surface area contributed by atoms with Crippen molar-refractivity contribution in [1.29, 1.82) is 0 Å². The number of hydrogen-bond donors (Lipinski definition) is 1. The average Bonchev–Trinajstić information content (AvgIpc) is 2.97. The van der Waals surface area contributed by atoms with Gasteiger partial charge in [0.1, 0.15) is 11.5 Å². The van der Waals surface area contributed by atoms with Gasteiger partial charge in [-0.15, -0.1) is 0 Å². The van der Waals surface area contributed by atoms with Crippen LogP contribution in [-0.2, 0) is 0 Å². The molecule has 2 aromatic heterocycles. The Bertz CT molecular complexity index is 747. The van der Waals surface area contributed by atoms with Crippen LogP contribution in [0.15, 0.2) is 47.0 Å². The molecule has 2 N–H and O–H groups in total. The molecule has 5 nitrogen and oxygen atoms in total. The topological polar surface area (TPSA) is 77.8 Å². The summed E-state index contributed by atoms with van der Waals surface area (Å²) in [7, 11) is 0. The second kappa shape index (κ2) is 5.36. The van der Waals surface area contributed by atoms with Crippen LogP contribution in [0, 0.1) is 0 Å². The molecule has 0 unspecified atom stereocenters. The van der Waals surface area contributed by atoms with Gasteiger partial charge in [-0.3, -0.25) is 0 Å². The molecule has 3 rings (SSSR count). The summed E-state index contributed by atoms with van der Waals surface area (Å²) in [5, 5.41) is 4.00.